The quantitative estimate of drug-likeness (QED) is 0.679. The molecule has 0 saturated heterocycles. The molecule has 28 heavy (non-hydrogen) atoms. The molecule has 2 rings (SSSR count). The van der Waals surface area contributed by atoms with Crippen molar-refractivity contribution in [2.45, 2.75) is 17.6 Å². The minimum absolute atomic E-state index is 0.0354. The van der Waals surface area contributed by atoms with Crippen molar-refractivity contribution in [3.63, 3.8) is 0 Å². The van der Waals surface area contributed by atoms with Crippen LogP contribution in [0.3, 0.4) is 0 Å². The molecule has 0 N–H and O–H groups in total. The van der Waals surface area contributed by atoms with Crippen LogP contribution in [-0.2, 0) is 27.6 Å². The molecule has 6 nitrogen and oxygen atoms in total. The molecule has 2 aromatic rings. The minimum Gasteiger partial charge on any atom is -0.337 e. The lowest BCUT2D eigenvalue weighted by Crippen LogP contribution is -2.28. The smallest absolute Gasteiger partial charge is 0.337 e. The summed E-state index contributed by atoms with van der Waals surface area (Å²) in [5.41, 5.74) is -0.698. The SMILES string of the molecule is CON(C)S(=O)(=O)c1ccc(C(=O)N(C)Cc2ccccc2C(F)(F)F)cc1. The van der Waals surface area contributed by atoms with Gasteiger partial charge >= 0.3 is 6.18 Å². The summed E-state index contributed by atoms with van der Waals surface area (Å²) in [5, 5.41) is 0. The van der Waals surface area contributed by atoms with E-state index in [9.17, 15) is 26.4 Å². The monoisotopic (exact) mass is 416 g/mol. The molecule has 0 aliphatic rings. The molecule has 0 bridgehead atoms. The predicted octanol–water partition coefficient (Wildman–Crippen LogP) is 3.16. The summed E-state index contributed by atoms with van der Waals surface area (Å²) in [5.74, 6) is -0.541. The van der Waals surface area contributed by atoms with Gasteiger partial charge in [-0.2, -0.15) is 13.2 Å². The topological polar surface area (TPSA) is 66.9 Å². The van der Waals surface area contributed by atoms with Crippen molar-refractivity contribution in [2.24, 2.45) is 0 Å². The average molecular weight is 416 g/mol. The number of amides is 1. The van der Waals surface area contributed by atoms with E-state index in [1.807, 2.05) is 0 Å². The summed E-state index contributed by atoms with van der Waals surface area (Å²) in [6.45, 7) is -0.249. The van der Waals surface area contributed by atoms with Crippen molar-refractivity contribution in [3.05, 3.63) is 65.2 Å². The zero-order chi connectivity index (χ0) is 21.1. The van der Waals surface area contributed by atoms with Crippen molar-refractivity contribution in [3.8, 4) is 0 Å². The summed E-state index contributed by atoms with van der Waals surface area (Å²) in [6, 6.07) is 10.1. The normalized spacial score (nSPS) is 12.2. The molecule has 0 fully saturated rings. The number of hydroxylamine groups is 1. The summed E-state index contributed by atoms with van der Waals surface area (Å²) < 4.78 is 64.3. The first-order valence-corrected chi connectivity index (χ1v) is 9.46. The average Bonchev–Trinajstić information content (AvgIpc) is 2.66. The molecule has 0 saturated carbocycles. The standard InChI is InChI=1S/C18H19F3N2O4S/c1-22(12-14-6-4-5-7-16(14)18(19,20)21)17(24)13-8-10-15(11-9-13)28(25,26)23(2)27-3/h4-11H,12H2,1-3H3. The predicted molar refractivity (Wildman–Crippen MR) is 95.6 cm³/mol. The number of nitrogens with zero attached hydrogens (tertiary/aromatic N) is 2. The number of carbonyl (C=O) groups excluding carboxylic acids is 1. The maximum absolute atomic E-state index is 13.1. The van der Waals surface area contributed by atoms with Gasteiger partial charge in [0.25, 0.3) is 15.9 Å². The Labute approximate surface area is 161 Å². The van der Waals surface area contributed by atoms with E-state index in [0.29, 0.717) is 4.47 Å². The van der Waals surface area contributed by atoms with Crippen molar-refractivity contribution in [1.29, 1.82) is 0 Å². The third kappa shape index (κ3) is 4.70. The Morgan fingerprint density at radius 2 is 1.61 bits per heavy atom. The molecule has 0 aliphatic heterocycles. The van der Waals surface area contributed by atoms with Crippen molar-refractivity contribution in [2.75, 3.05) is 21.2 Å². The largest absolute Gasteiger partial charge is 0.416 e. The van der Waals surface area contributed by atoms with Crippen molar-refractivity contribution in [1.82, 2.24) is 9.37 Å². The van der Waals surface area contributed by atoms with Gasteiger partial charge in [-0.1, -0.05) is 22.7 Å². The number of rotatable bonds is 6. The number of benzene rings is 2. The summed E-state index contributed by atoms with van der Waals surface area (Å²) in [6.07, 6.45) is -4.52. The molecule has 0 spiro atoms. The van der Waals surface area contributed by atoms with Crippen LogP contribution in [0.15, 0.2) is 53.4 Å². The summed E-state index contributed by atoms with van der Waals surface area (Å²) >= 11 is 0. The van der Waals surface area contributed by atoms with Gasteiger partial charge < -0.3 is 4.90 Å². The second-order valence-corrected chi connectivity index (χ2v) is 7.87. The molecule has 0 heterocycles. The van der Waals surface area contributed by atoms with E-state index in [1.54, 1.807) is 0 Å². The Hall–Kier alpha value is -2.43. The molecule has 0 radical (unpaired) electrons. The Kier molecular flexibility index (Phi) is 6.48. The number of hydrogen-bond donors (Lipinski definition) is 0. The van der Waals surface area contributed by atoms with Gasteiger partial charge in [0.05, 0.1) is 17.6 Å². The van der Waals surface area contributed by atoms with Crippen LogP contribution < -0.4 is 0 Å². The van der Waals surface area contributed by atoms with Crippen LogP contribution in [0.5, 0.6) is 0 Å². The molecule has 2 aromatic carbocycles. The number of halogens is 3. The first-order valence-electron chi connectivity index (χ1n) is 8.02. The Balaban J connectivity index is 2.21. The highest BCUT2D eigenvalue weighted by Gasteiger charge is 2.33. The van der Waals surface area contributed by atoms with E-state index in [1.165, 1.54) is 63.7 Å². The van der Waals surface area contributed by atoms with Gasteiger partial charge in [-0.3, -0.25) is 9.63 Å². The van der Waals surface area contributed by atoms with E-state index < -0.39 is 27.7 Å². The second kappa shape index (κ2) is 8.29. The molecule has 0 aliphatic carbocycles. The van der Waals surface area contributed by atoms with E-state index in [0.717, 1.165) is 11.0 Å². The number of alkyl halides is 3. The van der Waals surface area contributed by atoms with Crippen LogP contribution in [0.1, 0.15) is 21.5 Å². The van der Waals surface area contributed by atoms with Gasteiger partial charge in [-0.05, 0) is 35.9 Å². The Morgan fingerprint density at radius 1 is 1.04 bits per heavy atom. The number of carbonyl (C=O) groups is 1. The fraction of sp³-hybridized carbons (Fsp3) is 0.278. The van der Waals surface area contributed by atoms with Crippen LogP contribution in [-0.4, -0.2) is 44.9 Å². The van der Waals surface area contributed by atoms with Crippen LogP contribution in [0, 0.1) is 0 Å². The second-order valence-electron chi connectivity index (χ2n) is 5.94. The van der Waals surface area contributed by atoms with E-state index in [2.05, 4.69) is 4.84 Å². The van der Waals surface area contributed by atoms with E-state index in [-0.39, 0.29) is 22.6 Å². The zero-order valence-electron chi connectivity index (χ0n) is 15.4. The molecule has 0 aromatic heterocycles. The maximum atomic E-state index is 13.1. The highest BCUT2D eigenvalue weighted by molar-refractivity contribution is 7.89. The lowest BCUT2D eigenvalue weighted by molar-refractivity contribution is -0.138. The van der Waals surface area contributed by atoms with E-state index >= 15 is 0 Å². The van der Waals surface area contributed by atoms with Gasteiger partial charge in [0, 0.05) is 26.2 Å². The molecule has 152 valence electrons. The van der Waals surface area contributed by atoms with Crippen molar-refractivity contribution < 1.29 is 31.2 Å². The molecule has 0 unspecified atom stereocenters. The van der Waals surface area contributed by atoms with E-state index in [4.69, 9.17) is 0 Å². The van der Waals surface area contributed by atoms with Gasteiger partial charge in [0.1, 0.15) is 0 Å². The molecular formula is C18H19F3N2O4S. The van der Waals surface area contributed by atoms with Crippen LogP contribution in [0.25, 0.3) is 0 Å². The first-order chi connectivity index (χ1) is 13.0. The van der Waals surface area contributed by atoms with Gasteiger partial charge in [-0.25, -0.2) is 8.42 Å². The molecule has 10 heteroatoms. The number of hydrogen-bond acceptors (Lipinski definition) is 4. The Morgan fingerprint density at radius 3 is 2.14 bits per heavy atom. The third-order valence-electron chi connectivity index (χ3n) is 4.07. The molecule has 1 amide bonds. The minimum atomic E-state index is -4.52. The van der Waals surface area contributed by atoms with Crippen molar-refractivity contribution >= 4 is 15.9 Å². The maximum Gasteiger partial charge on any atom is 0.416 e. The van der Waals surface area contributed by atoms with Crippen LogP contribution in [0.4, 0.5) is 13.2 Å². The number of sulfonamides is 1. The highest BCUT2D eigenvalue weighted by atomic mass is 32.2. The summed E-state index contributed by atoms with van der Waals surface area (Å²) in [7, 11) is -0.0671. The van der Waals surface area contributed by atoms with Gasteiger partial charge in [-0.15, -0.1) is 0 Å². The lowest BCUT2D eigenvalue weighted by Gasteiger charge is -2.20. The third-order valence-corrected chi connectivity index (χ3v) is 5.77. The fourth-order valence-electron chi connectivity index (χ4n) is 2.50. The zero-order valence-corrected chi connectivity index (χ0v) is 16.2. The lowest BCUT2D eigenvalue weighted by atomic mass is 10.1. The first kappa shape index (κ1) is 21.9. The van der Waals surface area contributed by atoms with Crippen LogP contribution in [0.2, 0.25) is 0 Å². The van der Waals surface area contributed by atoms with Gasteiger partial charge in [0.2, 0.25) is 0 Å². The van der Waals surface area contributed by atoms with Gasteiger partial charge in [0.15, 0.2) is 0 Å². The highest BCUT2D eigenvalue weighted by Crippen LogP contribution is 2.32. The molecule has 0 atom stereocenters. The molecular weight excluding hydrogens is 397 g/mol. The summed E-state index contributed by atoms with van der Waals surface area (Å²) in [4.78, 5) is 18.2. The fourth-order valence-corrected chi connectivity index (χ4v) is 3.47. The van der Waals surface area contributed by atoms with Crippen LogP contribution >= 0.6 is 0 Å². The Bertz CT molecular complexity index is 944.